The van der Waals surface area contributed by atoms with E-state index in [1.54, 1.807) is 23.9 Å². The van der Waals surface area contributed by atoms with Crippen molar-refractivity contribution >= 4 is 17.7 Å². The van der Waals surface area contributed by atoms with Crippen LogP contribution in [0.4, 0.5) is 0 Å². The summed E-state index contributed by atoms with van der Waals surface area (Å²) >= 11 is 1.58. The molecule has 0 aromatic heterocycles. The summed E-state index contributed by atoms with van der Waals surface area (Å²) in [7, 11) is 0. The van der Waals surface area contributed by atoms with Crippen molar-refractivity contribution in [3.63, 3.8) is 0 Å². The molecule has 31 heavy (non-hydrogen) atoms. The summed E-state index contributed by atoms with van der Waals surface area (Å²) in [6, 6.07) is 30.9. The van der Waals surface area contributed by atoms with Crippen molar-refractivity contribution < 1.29 is 14.6 Å². The normalized spacial score (nSPS) is 10.5. The lowest BCUT2D eigenvalue weighted by molar-refractivity contribution is -0.128. The van der Waals surface area contributed by atoms with Crippen LogP contribution < -0.4 is 4.74 Å². The Kier molecular flexibility index (Phi) is 6.20. The summed E-state index contributed by atoms with van der Waals surface area (Å²) in [4.78, 5) is 13.8. The lowest BCUT2D eigenvalue weighted by Gasteiger charge is -2.12. The van der Waals surface area contributed by atoms with Gasteiger partial charge in [0, 0.05) is 27.0 Å². The second-order valence-corrected chi connectivity index (χ2v) is 7.94. The first kappa shape index (κ1) is 20.5. The first-order valence-electron chi connectivity index (χ1n) is 9.74. The van der Waals surface area contributed by atoms with Crippen LogP contribution in [-0.4, -0.2) is 11.1 Å². The molecule has 0 aliphatic rings. The summed E-state index contributed by atoms with van der Waals surface area (Å²) in [6.45, 7) is 3.47. The first-order valence-corrected chi connectivity index (χ1v) is 10.6. The van der Waals surface area contributed by atoms with Gasteiger partial charge in [-0.3, -0.25) is 0 Å². The van der Waals surface area contributed by atoms with E-state index in [-0.39, 0.29) is 5.75 Å². The summed E-state index contributed by atoms with van der Waals surface area (Å²) in [5, 5.41) is 10.3. The molecule has 0 bridgehead atoms. The van der Waals surface area contributed by atoms with Crippen molar-refractivity contribution in [3.8, 4) is 33.8 Å². The lowest BCUT2D eigenvalue weighted by atomic mass is 10.0. The Labute approximate surface area is 185 Å². The molecule has 4 heteroatoms. The SMILES string of the molecule is C=CC(=O)Oc1ccc(Sc2ccc(O)c(-c3ccccc3)c2)cc1-c1ccccc1. The topological polar surface area (TPSA) is 46.5 Å². The van der Waals surface area contributed by atoms with E-state index in [4.69, 9.17) is 4.74 Å². The van der Waals surface area contributed by atoms with E-state index in [9.17, 15) is 9.90 Å². The minimum atomic E-state index is -0.497. The van der Waals surface area contributed by atoms with Crippen LogP contribution in [0.15, 0.2) is 120 Å². The highest BCUT2D eigenvalue weighted by molar-refractivity contribution is 7.99. The molecular formula is C27H20O3S. The fourth-order valence-corrected chi connectivity index (χ4v) is 4.12. The van der Waals surface area contributed by atoms with Crippen molar-refractivity contribution in [2.24, 2.45) is 0 Å². The highest BCUT2D eigenvalue weighted by Crippen LogP contribution is 2.39. The Balaban J connectivity index is 1.69. The second-order valence-electron chi connectivity index (χ2n) is 6.80. The summed E-state index contributed by atoms with van der Waals surface area (Å²) in [5.74, 6) is 0.229. The van der Waals surface area contributed by atoms with Gasteiger partial charge in [0.25, 0.3) is 0 Å². The number of aromatic hydroxyl groups is 1. The number of esters is 1. The molecule has 0 spiro atoms. The molecule has 4 rings (SSSR count). The van der Waals surface area contributed by atoms with Gasteiger partial charge in [0.05, 0.1) is 0 Å². The van der Waals surface area contributed by atoms with Crippen LogP contribution in [0.3, 0.4) is 0 Å². The van der Waals surface area contributed by atoms with Gasteiger partial charge in [-0.1, -0.05) is 79.0 Å². The maximum atomic E-state index is 11.8. The van der Waals surface area contributed by atoms with E-state index in [0.717, 1.165) is 38.1 Å². The molecule has 0 unspecified atom stereocenters. The van der Waals surface area contributed by atoms with Gasteiger partial charge >= 0.3 is 5.97 Å². The molecular weight excluding hydrogens is 404 g/mol. The van der Waals surface area contributed by atoms with Crippen LogP contribution >= 0.6 is 11.8 Å². The van der Waals surface area contributed by atoms with Crippen LogP contribution in [0, 0.1) is 0 Å². The van der Waals surface area contributed by atoms with E-state index in [1.807, 2.05) is 84.9 Å². The monoisotopic (exact) mass is 424 g/mol. The number of phenols is 1. The Bertz CT molecular complexity index is 1220. The maximum Gasteiger partial charge on any atom is 0.335 e. The Hall–Kier alpha value is -3.76. The minimum absolute atomic E-state index is 0.243. The zero-order valence-electron chi connectivity index (χ0n) is 16.7. The molecule has 4 aromatic carbocycles. The van der Waals surface area contributed by atoms with Crippen LogP contribution in [-0.2, 0) is 4.79 Å². The molecule has 0 aliphatic heterocycles. The molecule has 0 heterocycles. The van der Waals surface area contributed by atoms with Crippen LogP contribution in [0.2, 0.25) is 0 Å². The van der Waals surface area contributed by atoms with Gasteiger partial charge in [-0.25, -0.2) is 4.79 Å². The van der Waals surface area contributed by atoms with Gasteiger partial charge in [-0.2, -0.15) is 0 Å². The molecule has 3 nitrogen and oxygen atoms in total. The highest BCUT2D eigenvalue weighted by atomic mass is 32.2. The van der Waals surface area contributed by atoms with Crippen LogP contribution in [0.1, 0.15) is 0 Å². The Morgan fingerprint density at radius 2 is 1.32 bits per heavy atom. The number of phenolic OH excluding ortho intramolecular Hbond substituents is 1. The first-order chi connectivity index (χ1) is 15.1. The van der Waals surface area contributed by atoms with Crippen molar-refractivity contribution in [1.82, 2.24) is 0 Å². The molecule has 0 saturated carbocycles. The van der Waals surface area contributed by atoms with Crippen molar-refractivity contribution in [1.29, 1.82) is 0 Å². The molecule has 0 saturated heterocycles. The lowest BCUT2D eigenvalue weighted by Crippen LogP contribution is -2.04. The van der Waals surface area contributed by atoms with Crippen LogP contribution in [0.25, 0.3) is 22.3 Å². The molecule has 0 fully saturated rings. The summed E-state index contributed by atoms with van der Waals surface area (Å²) < 4.78 is 5.45. The van der Waals surface area contributed by atoms with Crippen molar-refractivity contribution in [3.05, 3.63) is 110 Å². The number of hydrogen-bond acceptors (Lipinski definition) is 4. The summed E-state index contributed by atoms with van der Waals surface area (Å²) in [5.41, 5.74) is 3.51. The highest BCUT2D eigenvalue weighted by Gasteiger charge is 2.12. The third-order valence-corrected chi connectivity index (χ3v) is 5.68. The average molecular weight is 425 g/mol. The predicted octanol–water partition coefficient (Wildman–Crippen LogP) is 6.97. The van der Waals surface area contributed by atoms with Crippen molar-refractivity contribution in [2.45, 2.75) is 9.79 Å². The smallest absolute Gasteiger partial charge is 0.335 e. The molecule has 152 valence electrons. The largest absolute Gasteiger partial charge is 0.507 e. The second kappa shape index (κ2) is 9.37. The van der Waals surface area contributed by atoms with E-state index < -0.39 is 5.97 Å². The molecule has 1 N–H and O–H groups in total. The third-order valence-electron chi connectivity index (χ3n) is 4.70. The fraction of sp³-hybridized carbons (Fsp3) is 0. The zero-order chi connectivity index (χ0) is 21.6. The van der Waals surface area contributed by atoms with Gasteiger partial charge in [0.2, 0.25) is 0 Å². The molecule has 0 radical (unpaired) electrons. The van der Waals surface area contributed by atoms with E-state index >= 15 is 0 Å². The minimum Gasteiger partial charge on any atom is -0.507 e. The molecule has 0 aliphatic carbocycles. The van der Waals surface area contributed by atoms with E-state index in [2.05, 4.69) is 6.58 Å². The number of hydrogen-bond donors (Lipinski definition) is 1. The predicted molar refractivity (Wildman–Crippen MR) is 125 cm³/mol. The van der Waals surface area contributed by atoms with Crippen LogP contribution in [0.5, 0.6) is 11.5 Å². The Morgan fingerprint density at radius 3 is 1.94 bits per heavy atom. The van der Waals surface area contributed by atoms with Gasteiger partial charge in [0.15, 0.2) is 0 Å². The molecule has 0 atom stereocenters. The summed E-state index contributed by atoms with van der Waals surface area (Å²) in [6.07, 6.45) is 1.15. The van der Waals surface area contributed by atoms with Gasteiger partial charge in [-0.15, -0.1) is 0 Å². The van der Waals surface area contributed by atoms with Gasteiger partial charge in [-0.05, 0) is 47.5 Å². The zero-order valence-corrected chi connectivity index (χ0v) is 17.5. The Morgan fingerprint density at radius 1 is 0.774 bits per heavy atom. The number of rotatable bonds is 6. The van der Waals surface area contributed by atoms with E-state index in [1.165, 1.54) is 0 Å². The average Bonchev–Trinajstić information content (AvgIpc) is 2.82. The quantitative estimate of drug-likeness (QED) is 0.206. The standard InChI is InChI=1S/C27H20O3S/c1-2-27(29)30-26-16-14-22(18-24(26)20-11-7-4-8-12-20)31-21-13-15-25(28)23(17-21)19-9-5-3-6-10-19/h2-18,28H,1H2. The number of carbonyl (C=O) groups excluding carboxylic acids is 1. The third kappa shape index (κ3) is 4.87. The maximum absolute atomic E-state index is 11.8. The molecule has 4 aromatic rings. The number of benzene rings is 4. The van der Waals surface area contributed by atoms with E-state index in [0.29, 0.717) is 5.75 Å². The fourth-order valence-electron chi connectivity index (χ4n) is 3.22. The van der Waals surface area contributed by atoms with Gasteiger partial charge < -0.3 is 9.84 Å². The van der Waals surface area contributed by atoms with Crippen molar-refractivity contribution in [2.75, 3.05) is 0 Å². The van der Waals surface area contributed by atoms with Gasteiger partial charge in [0.1, 0.15) is 11.5 Å². The number of carbonyl (C=O) groups is 1. The number of ether oxygens (including phenoxy) is 1. The molecule has 0 amide bonds.